The van der Waals surface area contributed by atoms with Crippen LogP contribution in [0.15, 0.2) is 54.7 Å². The van der Waals surface area contributed by atoms with Crippen molar-refractivity contribution in [1.82, 2.24) is 35.5 Å². The summed E-state index contributed by atoms with van der Waals surface area (Å²) in [7, 11) is 3.35. The lowest BCUT2D eigenvalue weighted by molar-refractivity contribution is -0.155. The van der Waals surface area contributed by atoms with Crippen LogP contribution in [0.25, 0.3) is 33.3 Å². The highest BCUT2D eigenvalue weighted by molar-refractivity contribution is 5.96. The summed E-state index contributed by atoms with van der Waals surface area (Å²) < 4.78 is 14.2. The standard InChI is InChI=1S/C50H67N7O7/c1-9-56-42-18-17-33-26-38(42)39(45(56)37-15-12-20-52-43(37)31(4)63-8)27-50(5,6)29-64-49(62)40-16-13-21-57(54-40)48(61)41(24-32-22-35(33)25-36(58)23-32)53-46(59)44(30(2)3)55(7)47(60)34-14-10-11-19-51-28-34/h12,15,17-18,20,22-23,25-26,30-31,34,40-41,44,51,54,58H,9-11,13-14,16,19,21,24,27-29H2,1-8H3,(H,53,59)/t31-,34-,40-,41-,44-/m0/s1. The maximum absolute atomic E-state index is 14.7. The zero-order chi connectivity index (χ0) is 45.9. The van der Waals surface area contributed by atoms with E-state index >= 15 is 0 Å². The first-order valence-electron chi connectivity index (χ1n) is 23.1. The molecule has 0 saturated carbocycles. The molecule has 2 saturated heterocycles. The number of fused-ring (bicyclic) bond motifs is 6. The van der Waals surface area contributed by atoms with Crippen molar-refractivity contribution in [2.75, 3.05) is 40.4 Å². The number of nitrogens with one attached hydrogen (secondary N) is 3. The van der Waals surface area contributed by atoms with Gasteiger partial charge in [0.1, 0.15) is 23.9 Å². The van der Waals surface area contributed by atoms with Gasteiger partial charge < -0.3 is 34.7 Å². The lowest BCUT2D eigenvalue weighted by atomic mass is 9.84. The van der Waals surface area contributed by atoms with E-state index in [-0.39, 0.29) is 42.6 Å². The van der Waals surface area contributed by atoms with Gasteiger partial charge in [0.15, 0.2) is 0 Å². The number of aryl methyl sites for hydroxylation is 1. The maximum atomic E-state index is 14.7. The van der Waals surface area contributed by atoms with Crippen LogP contribution in [0.2, 0.25) is 0 Å². The number of hydrazine groups is 1. The molecular weight excluding hydrogens is 811 g/mol. The van der Waals surface area contributed by atoms with Crippen LogP contribution < -0.4 is 16.1 Å². The van der Waals surface area contributed by atoms with Crippen LogP contribution >= 0.6 is 0 Å². The van der Waals surface area contributed by atoms with Gasteiger partial charge in [-0.3, -0.25) is 29.2 Å². The third-order valence-corrected chi connectivity index (χ3v) is 13.2. The number of pyridine rings is 1. The Morgan fingerprint density at radius 1 is 1.06 bits per heavy atom. The molecule has 2 aromatic heterocycles. The fourth-order valence-corrected chi connectivity index (χ4v) is 9.90. The number of hydrogen-bond donors (Lipinski definition) is 4. The Hall–Kier alpha value is -5.31. The number of phenols is 1. The molecule has 0 spiro atoms. The smallest absolute Gasteiger partial charge is 0.324 e. The zero-order valence-electron chi connectivity index (χ0n) is 38.8. The van der Waals surface area contributed by atoms with Gasteiger partial charge in [-0.1, -0.05) is 46.2 Å². The van der Waals surface area contributed by atoms with Crippen LogP contribution in [0.3, 0.4) is 0 Å². The number of esters is 1. The molecular formula is C50H67N7O7. The Kier molecular flexibility index (Phi) is 14.5. The van der Waals surface area contributed by atoms with E-state index in [0.717, 1.165) is 70.4 Å². The van der Waals surface area contributed by atoms with Crippen molar-refractivity contribution < 1.29 is 33.8 Å². The summed E-state index contributed by atoms with van der Waals surface area (Å²) in [5, 5.41) is 20.2. The van der Waals surface area contributed by atoms with E-state index in [9.17, 15) is 24.3 Å². The van der Waals surface area contributed by atoms with E-state index in [1.54, 1.807) is 32.5 Å². The number of nitrogens with zero attached hydrogens (tertiary/aromatic N) is 4. The summed E-state index contributed by atoms with van der Waals surface area (Å²) in [5.41, 5.74) is 9.74. The van der Waals surface area contributed by atoms with Crippen LogP contribution in [-0.2, 0) is 48.0 Å². The van der Waals surface area contributed by atoms with E-state index < -0.39 is 41.3 Å². The normalized spacial score (nSPS) is 21.7. The largest absolute Gasteiger partial charge is 0.508 e. The topological polar surface area (TPSA) is 167 Å². The van der Waals surface area contributed by atoms with Gasteiger partial charge in [0.05, 0.1) is 30.0 Å². The molecule has 7 rings (SSSR count). The average Bonchev–Trinajstić information content (AvgIpc) is 3.39. The Balaban J connectivity index is 1.33. The van der Waals surface area contributed by atoms with E-state index in [1.165, 1.54) is 9.91 Å². The Morgan fingerprint density at radius 2 is 1.86 bits per heavy atom. The fourth-order valence-electron chi connectivity index (χ4n) is 9.90. The van der Waals surface area contributed by atoms with Crippen LogP contribution in [0.1, 0.15) is 96.6 Å². The van der Waals surface area contributed by atoms with Gasteiger partial charge in [0.25, 0.3) is 5.91 Å². The van der Waals surface area contributed by atoms with Crippen LogP contribution in [0, 0.1) is 17.3 Å². The molecule has 3 aliphatic rings. The van der Waals surface area contributed by atoms with Crippen molar-refractivity contribution >= 4 is 34.6 Å². The highest BCUT2D eigenvalue weighted by atomic mass is 16.5. The fraction of sp³-hybridized carbons (Fsp3) is 0.540. The number of amides is 3. The van der Waals surface area contributed by atoms with Gasteiger partial charge in [-0.2, -0.15) is 0 Å². The number of cyclic esters (lactones) is 1. The summed E-state index contributed by atoms with van der Waals surface area (Å²) >= 11 is 0. The second kappa shape index (κ2) is 19.8. The number of carbonyl (C=O) groups excluding carboxylic acids is 4. The molecule has 0 aliphatic carbocycles. The molecule has 2 aromatic carbocycles. The summed E-state index contributed by atoms with van der Waals surface area (Å²) in [6.45, 7) is 14.6. The van der Waals surface area contributed by atoms with Crippen LogP contribution in [0.5, 0.6) is 5.75 Å². The first-order valence-corrected chi connectivity index (χ1v) is 23.1. The number of phenolic OH excluding ortho intramolecular Hbond substituents is 1. The lowest BCUT2D eigenvalue weighted by Crippen LogP contribution is -2.62. The van der Waals surface area contributed by atoms with Gasteiger partial charge in [0, 0.05) is 68.3 Å². The number of rotatable bonds is 9. The van der Waals surface area contributed by atoms with Gasteiger partial charge in [-0.15, -0.1) is 0 Å². The molecule has 3 aliphatic heterocycles. The number of methoxy groups -OCH3 is 1. The molecule has 0 radical (unpaired) electrons. The molecule has 0 unspecified atom stereocenters. The molecule has 4 aromatic rings. The van der Waals surface area contributed by atoms with Crippen molar-refractivity contribution in [2.24, 2.45) is 17.3 Å². The SMILES string of the molecule is CCn1c(-c2cccnc2[C@H](C)OC)c2c3cc(ccc31)-c1cc(O)cc(c1)C[C@H](NC(=O)[C@H](C(C)C)N(C)C(=O)[C@H]1CCCCNC1)C(=O)N1CCC[C@H](N1)C(=O)OCC(C)(C)C2. The minimum Gasteiger partial charge on any atom is -0.508 e. The zero-order valence-corrected chi connectivity index (χ0v) is 38.8. The number of benzene rings is 2. The maximum Gasteiger partial charge on any atom is 0.324 e. The lowest BCUT2D eigenvalue weighted by Gasteiger charge is -2.37. The number of aromatic nitrogens is 2. The Morgan fingerprint density at radius 3 is 2.61 bits per heavy atom. The van der Waals surface area contributed by atoms with Crippen molar-refractivity contribution in [1.29, 1.82) is 0 Å². The first kappa shape index (κ1) is 46.7. The van der Waals surface area contributed by atoms with Gasteiger partial charge >= 0.3 is 5.97 Å². The monoisotopic (exact) mass is 878 g/mol. The number of ether oxygens (including phenoxy) is 2. The van der Waals surface area contributed by atoms with E-state index in [1.807, 2.05) is 39.0 Å². The molecule has 4 N–H and O–H groups in total. The second-order valence-corrected chi connectivity index (χ2v) is 19.1. The molecule has 5 heterocycles. The van der Waals surface area contributed by atoms with Gasteiger partial charge in [-0.05, 0) is 117 Å². The quantitative estimate of drug-likeness (QED) is 0.140. The number of carbonyl (C=O) groups is 4. The third-order valence-electron chi connectivity index (χ3n) is 13.2. The molecule has 2 fully saturated rings. The average molecular weight is 878 g/mol. The highest BCUT2D eigenvalue weighted by Gasteiger charge is 2.39. The van der Waals surface area contributed by atoms with Gasteiger partial charge in [0.2, 0.25) is 11.8 Å². The third kappa shape index (κ3) is 9.99. The summed E-state index contributed by atoms with van der Waals surface area (Å²) in [6, 6.07) is 12.9. The minimum absolute atomic E-state index is 0.0163. The summed E-state index contributed by atoms with van der Waals surface area (Å²) in [4.78, 5) is 63.3. The van der Waals surface area contributed by atoms with Crippen molar-refractivity contribution in [2.45, 2.75) is 117 Å². The molecule has 5 atom stereocenters. The Bertz CT molecular complexity index is 2350. The predicted molar refractivity (Wildman–Crippen MR) is 247 cm³/mol. The predicted octanol–water partition coefficient (Wildman–Crippen LogP) is 6.32. The number of aromatic hydroxyl groups is 1. The van der Waals surface area contributed by atoms with Crippen LogP contribution in [-0.4, -0.2) is 107 Å². The van der Waals surface area contributed by atoms with Crippen molar-refractivity contribution in [3.63, 3.8) is 0 Å². The van der Waals surface area contributed by atoms with Crippen LogP contribution in [0.4, 0.5) is 0 Å². The number of likely N-dealkylation sites (N-methyl/N-ethyl adjacent to an activating group) is 1. The molecule has 14 nitrogen and oxygen atoms in total. The van der Waals surface area contributed by atoms with Crippen molar-refractivity contribution in [3.8, 4) is 28.1 Å². The molecule has 3 amide bonds. The van der Waals surface area contributed by atoms with Crippen molar-refractivity contribution in [3.05, 3.63) is 71.5 Å². The minimum atomic E-state index is -1.11. The number of hydrogen-bond acceptors (Lipinski definition) is 10. The Labute approximate surface area is 377 Å². The molecule has 344 valence electrons. The summed E-state index contributed by atoms with van der Waals surface area (Å²) in [5.74, 6) is -1.94. The van der Waals surface area contributed by atoms with Gasteiger partial charge in [-0.25, -0.2) is 5.43 Å². The van der Waals surface area contributed by atoms with E-state index in [0.29, 0.717) is 44.5 Å². The first-order chi connectivity index (χ1) is 30.6. The molecule has 64 heavy (non-hydrogen) atoms. The molecule has 14 heteroatoms. The molecule has 6 bridgehead atoms. The second-order valence-electron chi connectivity index (χ2n) is 19.1. The highest BCUT2D eigenvalue weighted by Crippen LogP contribution is 2.42. The van der Waals surface area contributed by atoms with E-state index in [4.69, 9.17) is 14.5 Å². The summed E-state index contributed by atoms with van der Waals surface area (Å²) in [6.07, 6.45) is 5.77. The van der Waals surface area contributed by atoms with E-state index in [2.05, 4.69) is 59.6 Å².